The lowest BCUT2D eigenvalue weighted by Gasteiger charge is -2.43. The zero-order chi connectivity index (χ0) is 19.3. The summed E-state index contributed by atoms with van der Waals surface area (Å²) in [4.78, 5) is 14.8. The summed E-state index contributed by atoms with van der Waals surface area (Å²) < 4.78 is 5.23. The first-order valence-corrected chi connectivity index (χ1v) is 9.24. The van der Waals surface area contributed by atoms with E-state index in [0.29, 0.717) is 0 Å². The fourth-order valence-electron chi connectivity index (χ4n) is 3.41. The van der Waals surface area contributed by atoms with Crippen LogP contribution >= 0.6 is 0 Å². The summed E-state index contributed by atoms with van der Waals surface area (Å²) in [5, 5.41) is 0. The molecule has 0 spiro atoms. The number of β-lactam (4-membered cyclic amide) rings is 1. The average molecular weight is 367 g/mol. The number of anilines is 1. The SMILES string of the molecule is COc1ccc(N2C(=O)/C(=C/C=C/c3ccccc3)C2c2ccccc2)cc1. The normalized spacial score (nSPS) is 17.8. The molecule has 138 valence electrons. The van der Waals surface area contributed by atoms with Crippen molar-refractivity contribution < 1.29 is 9.53 Å². The van der Waals surface area contributed by atoms with E-state index < -0.39 is 0 Å². The van der Waals surface area contributed by atoms with Crippen molar-refractivity contribution in [3.63, 3.8) is 0 Å². The minimum atomic E-state index is -0.0949. The Morgan fingerprint density at radius 2 is 1.50 bits per heavy atom. The van der Waals surface area contributed by atoms with Crippen molar-refractivity contribution in [3.05, 3.63) is 114 Å². The van der Waals surface area contributed by atoms with Crippen LogP contribution in [0.5, 0.6) is 5.75 Å². The van der Waals surface area contributed by atoms with Gasteiger partial charge in [0.05, 0.1) is 13.2 Å². The van der Waals surface area contributed by atoms with Gasteiger partial charge in [0.15, 0.2) is 0 Å². The van der Waals surface area contributed by atoms with Crippen LogP contribution in [-0.2, 0) is 4.79 Å². The first kappa shape index (κ1) is 17.8. The molecule has 3 aromatic rings. The maximum Gasteiger partial charge on any atom is 0.257 e. The Hall–Kier alpha value is -3.59. The zero-order valence-electron chi connectivity index (χ0n) is 15.7. The van der Waals surface area contributed by atoms with Crippen LogP contribution in [0.4, 0.5) is 5.69 Å². The maximum atomic E-state index is 12.9. The van der Waals surface area contributed by atoms with Crippen LogP contribution in [0.2, 0.25) is 0 Å². The van der Waals surface area contributed by atoms with E-state index in [1.165, 1.54) is 0 Å². The molecule has 0 radical (unpaired) electrons. The standard InChI is InChI=1S/C25H21NO2/c1-28-22-17-15-21(16-18-22)26-24(20-12-6-3-7-13-20)23(25(26)27)14-8-11-19-9-4-2-5-10-19/h2-18,24H,1H3/b11-8+,23-14+. The van der Waals surface area contributed by atoms with Gasteiger partial charge in [-0.2, -0.15) is 0 Å². The Labute approximate surface area is 165 Å². The molecule has 0 N–H and O–H groups in total. The molecule has 1 aliphatic rings. The molecule has 4 rings (SSSR count). The van der Waals surface area contributed by atoms with Gasteiger partial charge in [0.2, 0.25) is 0 Å². The van der Waals surface area contributed by atoms with Gasteiger partial charge in [-0.25, -0.2) is 0 Å². The molecule has 1 heterocycles. The lowest BCUT2D eigenvalue weighted by atomic mass is 9.87. The van der Waals surface area contributed by atoms with Gasteiger partial charge in [-0.05, 0) is 35.4 Å². The van der Waals surface area contributed by atoms with E-state index in [-0.39, 0.29) is 11.9 Å². The summed E-state index contributed by atoms with van der Waals surface area (Å²) >= 11 is 0. The van der Waals surface area contributed by atoms with Crippen LogP contribution in [0.15, 0.2) is 103 Å². The Kier molecular flexibility index (Phi) is 5.07. The number of carbonyl (C=O) groups is 1. The number of nitrogens with zero attached hydrogens (tertiary/aromatic N) is 1. The van der Waals surface area contributed by atoms with Crippen molar-refractivity contribution >= 4 is 17.7 Å². The third kappa shape index (κ3) is 3.47. The second kappa shape index (κ2) is 7.97. The molecule has 0 aliphatic carbocycles. The number of hydrogen-bond donors (Lipinski definition) is 0. The summed E-state index contributed by atoms with van der Waals surface area (Å²) in [6.45, 7) is 0. The van der Waals surface area contributed by atoms with Crippen LogP contribution in [0.1, 0.15) is 17.2 Å². The van der Waals surface area contributed by atoms with Gasteiger partial charge in [-0.1, -0.05) is 78.9 Å². The molecule has 0 aromatic heterocycles. The van der Waals surface area contributed by atoms with Gasteiger partial charge < -0.3 is 4.74 Å². The first-order valence-electron chi connectivity index (χ1n) is 9.24. The summed E-state index contributed by atoms with van der Waals surface area (Å²) in [7, 11) is 1.64. The predicted molar refractivity (Wildman–Crippen MR) is 113 cm³/mol. The largest absolute Gasteiger partial charge is 0.497 e. The average Bonchev–Trinajstić information content (AvgIpc) is 2.76. The monoisotopic (exact) mass is 367 g/mol. The molecule has 1 unspecified atom stereocenters. The van der Waals surface area contributed by atoms with Crippen molar-refractivity contribution in [2.45, 2.75) is 6.04 Å². The zero-order valence-corrected chi connectivity index (χ0v) is 15.7. The lowest BCUT2D eigenvalue weighted by molar-refractivity contribution is -0.119. The van der Waals surface area contributed by atoms with Gasteiger partial charge in [0.25, 0.3) is 5.91 Å². The number of hydrogen-bond acceptors (Lipinski definition) is 2. The maximum absolute atomic E-state index is 12.9. The third-order valence-corrected chi connectivity index (χ3v) is 4.85. The third-order valence-electron chi connectivity index (χ3n) is 4.85. The van der Waals surface area contributed by atoms with E-state index in [1.54, 1.807) is 7.11 Å². The molecule has 3 aromatic carbocycles. The van der Waals surface area contributed by atoms with Crippen LogP contribution in [0, 0.1) is 0 Å². The van der Waals surface area contributed by atoms with E-state index in [0.717, 1.165) is 28.1 Å². The number of methoxy groups -OCH3 is 1. The van der Waals surface area contributed by atoms with Gasteiger partial charge in [0.1, 0.15) is 5.75 Å². The second-order valence-electron chi connectivity index (χ2n) is 6.58. The highest BCUT2D eigenvalue weighted by atomic mass is 16.5. The molecule has 0 saturated carbocycles. The molecule has 1 saturated heterocycles. The second-order valence-corrected chi connectivity index (χ2v) is 6.58. The predicted octanol–water partition coefficient (Wildman–Crippen LogP) is 5.42. The minimum absolute atomic E-state index is 0.0248. The van der Waals surface area contributed by atoms with Gasteiger partial charge >= 0.3 is 0 Å². The highest BCUT2D eigenvalue weighted by Gasteiger charge is 2.43. The number of carbonyl (C=O) groups excluding carboxylic acids is 1. The van der Waals surface area contributed by atoms with Gasteiger partial charge in [-0.15, -0.1) is 0 Å². The number of ether oxygens (including phenoxy) is 1. The Bertz CT molecular complexity index is 1010. The molecule has 3 heteroatoms. The summed E-state index contributed by atoms with van der Waals surface area (Å²) in [6.07, 6.45) is 5.88. The fraction of sp³-hybridized carbons (Fsp3) is 0.0800. The Morgan fingerprint density at radius 1 is 0.857 bits per heavy atom. The van der Waals surface area contributed by atoms with Crippen LogP contribution in [-0.4, -0.2) is 13.0 Å². The minimum Gasteiger partial charge on any atom is -0.497 e. The summed E-state index contributed by atoms with van der Waals surface area (Å²) in [5.41, 5.74) is 3.85. The van der Waals surface area contributed by atoms with Crippen LogP contribution in [0.25, 0.3) is 6.08 Å². The molecule has 28 heavy (non-hydrogen) atoms. The molecule has 1 amide bonds. The Morgan fingerprint density at radius 3 is 2.14 bits per heavy atom. The Balaban J connectivity index is 1.65. The number of allylic oxidation sites excluding steroid dienone is 2. The molecule has 1 atom stereocenters. The van der Waals surface area contributed by atoms with Gasteiger partial charge in [-0.3, -0.25) is 9.69 Å². The molecule has 3 nitrogen and oxygen atoms in total. The molecular formula is C25H21NO2. The lowest BCUT2D eigenvalue weighted by Crippen LogP contribution is -2.49. The van der Waals surface area contributed by atoms with E-state index in [2.05, 4.69) is 12.1 Å². The van der Waals surface area contributed by atoms with E-state index in [1.807, 2.05) is 95.9 Å². The molecule has 1 fully saturated rings. The van der Waals surface area contributed by atoms with Crippen molar-refractivity contribution in [1.29, 1.82) is 0 Å². The summed E-state index contributed by atoms with van der Waals surface area (Å²) in [5.74, 6) is 0.797. The van der Waals surface area contributed by atoms with Crippen molar-refractivity contribution in [3.8, 4) is 5.75 Å². The fourth-order valence-corrected chi connectivity index (χ4v) is 3.41. The quantitative estimate of drug-likeness (QED) is 0.445. The first-order chi connectivity index (χ1) is 13.8. The topological polar surface area (TPSA) is 29.5 Å². The van der Waals surface area contributed by atoms with Crippen molar-refractivity contribution in [2.24, 2.45) is 0 Å². The molecule has 0 bridgehead atoms. The smallest absolute Gasteiger partial charge is 0.257 e. The van der Waals surface area contributed by atoms with Gasteiger partial charge in [0, 0.05) is 11.3 Å². The number of rotatable bonds is 5. The summed E-state index contributed by atoms with van der Waals surface area (Å²) in [6, 6.07) is 27.7. The highest BCUT2D eigenvalue weighted by Crippen LogP contribution is 2.43. The van der Waals surface area contributed by atoms with Crippen molar-refractivity contribution in [1.82, 2.24) is 0 Å². The molecular weight excluding hydrogens is 346 g/mol. The van der Waals surface area contributed by atoms with E-state index in [4.69, 9.17) is 4.74 Å². The van der Waals surface area contributed by atoms with Crippen molar-refractivity contribution in [2.75, 3.05) is 12.0 Å². The van der Waals surface area contributed by atoms with Crippen LogP contribution in [0.3, 0.4) is 0 Å². The highest BCUT2D eigenvalue weighted by molar-refractivity contribution is 6.15. The number of benzene rings is 3. The molecule has 1 aliphatic heterocycles. The van der Waals surface area contributed by atoms with E-state index >= 15 is 0 Å². The van der Waals surface area contributed by atoms with E-state index in [9.17, 15) is 4.79 Å². The number of amides is 1. The van der Waals surface area contributed by atoms with Crippen LogP contribution < -0.4 is 9.64 Å².